The number of aliphatic hydroxyl groups is 1. The quantitative estimate of drug-likeness (QED) is 0.848. The average molecular weight is 385 g/mol. The van der Waals surface area contributed by atoms with Crippen LogP contribution in [0.5, 0.6) is 0 Å². The molecular formula is C22H25FN2OS. The fraction of sp³-hybridized carbons (Fsp3) is 0.409. The molecule has 1 N–H and O–H groups in total. The third-order valence-electron chi connectivity index (χ3n) is 5.53. The molecule has 0 aliphatic carbocycles. The van der Waals surface area contributed by atoms with Crippen molar-refractivity contribution < 1.29 is 9.50 Å². The summed E-state index contributed by atoms with van der Waals surface area (Å²) >= 11 is 1.63. The van der Waals surface area contributed by atoms with Crippen LogP contribution in [0.3, 0.4) is 0 Å². The SMILES string of the molecule is CC1SC2=NCC(C)(C)CN2C1(O)C(c1ccccc1)c1ccc(F)cc1. The van der Waals surface area contributed by atoms with Crippen molar-refractivity contribution in [1.29, 1.82) is 0 Å². The molecule has 1 saturated heterocycles. The van der Waals surface area contributed by atoms with Crippen molar-refractivity contribution in [3.8, 4) is 0 Å². The van der Waals surface area contributed by atoms with Crippen LogP contribution >= 0.6 is 11.8 Å². The van der Waals surface area contributed by atoms with Gasteiger partial charge in [-0.15, -0.1) is 0 Å². The summed E-state index contributed by atoms with van der Waals surface area (Å²) in [5, 5.41) is 13.0. The van der Waals surface area contributed by atoms with Gasteiger partial charge in [0.25, 0.3) is 0 Å². The topological polar surface area (TPSA) is 35.8 Å². The van der Waals surface area contributed by atoms with Crippen LogP contribution in [0, 0.1) is 11.2 Å². The van der Waals surface area contributed by atoms with Gasteiger partial charge >= 0.3 is 0 Å². The number of hydrogen-bond donors (Lipinski definition) is 1. The first-order valence-corrected chi connectivity index (χ1v) is 10.2. The maximum atomic E-state index is 13.6. The Morgan fingerprint density at radius 3 is 2.41 bits per heavy atom. The predicted molar refractivity (Wildman–Crippen MR) is 109 cm³/mol. The van der Waals surface area contributed by atoms with Gasteiger partial charge in [-0.2, -0.15) is 0 Å². The van der Waals surface area contributed by atoms with Gasteiger partial charge in [-0.1, -0.05) is 68.1 Å². The normalized spacial score (nSPS) is 27.8. The minimum Gasteiger partial charge on any atom is -0.369 e. The monoisotopic (exact) mass is 384 g/mol. The molecule has 4 rings (SSSR count). The van der Waals surface area contributed by atoms with Crippen molar-refractivity contribution in [2.75, 3.05) is 13.1 Å². The van der Waals surface area contributed by atoms with Crippen LogP contribution in [0.2, 0.25) is 0 Å². The van der Waals surface area contributed by atoms with Crippen LogP contribution in [-0.2, 0) is 0 Å². The molecule has 3 unspecified atom stereocenters. The zero-order valence-electron chi connectivity index (χ0n) is 15.9. The Morgan fingerprint density at radius 1 is 1.11 bits per heavy atom. The van der Waals surface area contributed by atoms with Gasteiger partial charge in [0, 0.05) is 18.5 Å². The Bertz CT molecular complexity index is 852. The summed E-state index contributed by atoms with van der Waals surface area (Å²) in [6.07, 6.45) is 0. The van der Waals surface area contributed by atoms with E-state index < -0.39 is 5.72 Å². The first-order chi connectivity index (χ1) is 12.8. The lowest BCUT2D eigenvalue weighted by Gasteiger charge is -2.47. The zero-order valence-corrected chi connectivity index (χ0v) is 16.7. The van der Waals surface area contributed by atoms with Crippen LogP contribution in [0.25, 0.3) is 0 Å². The second-order valence-corrected chi connectivity index (χ2v) is 9.60. The summed E-state index contributed by atoms with van der Waals surface area (Å²) in [7, 11) is 0. The van der Waals surface area contributed by atoms with E-state index in [1.165, 1.54) is 12.1 Å². The first kappa shape index (κ1) is 18.5. The zero-order chi connectivity index (χ0) is 19.2. The first-order valence-electron chi connectivity index (χ1n) is 9.33. The summed E-state index contributed by atoms with van der Waals surface area (Å²) in [6, 6.07) is 16.5. The van der Waals surface area contributed by atoms with E-state index in [9.17, 15) is 9.50 Å². The molecule has 2 heterocycles. The number of benzene rings is 2. The molecule has 2 aliphatic heterocycles. The third kappa shape index (κ3) is 3.17. The van der Waals surface area contributed by atoms with Crippen LogP contribution in [-0.4, -0.2) is 39.2 Å². The summed E-state index contributed by atoms with van der Waals surface area (Å²) in [5.74, 6) is -0.573. The molecule has 0 radical (unpaired) electrons. The van der Waals surface area contributed by atoms with Crippen LogP contribution in [0.15, 0.2) is 59.6 Å². The van der Waals surface area contributed by atoms with Gasteiger partial charge in [0.15, 0.2) is 10.9 Å². The molecule has 1 fully saturated rings. The van der Waals surface area contributed by atoms with E-state index in [2.05, 4.69) is 25.7 Å². The van der Waals surface area contributed by atoms with E-state index in [1.54, 1.807) is 23.9 Å². The number of thioether (sulfide) groups is 1. The van der Waals surface area contributed by atoms with Gasteiger partial charge in [-0.05, 0) is 30.2 Å². The molecule has 0 aromatic heterocycles. The highest BCUT2D eigenvalue weighted by Gasteiger charge is 2.56. The molecule has 2 aromatic rings. The molecule has 0 saturated carbocycles. The van der Waals surface area contributed by atoms with E-state index in [1.807, 2.05) is 30.3 Å². The fourth-order valence-corrected chi connectivity index (χ4v) is 5.36. The number of nitrogens with zero attached hydrogens (tertiary/aromatic N) is 2. The van der Waals surface area contributed by atoms with Crippen molar-refractivity contribution in [3.63, 3.8) is 0 Å². The molecular weight excluding hydrogens is 359 g/mol. The van der Waals surface area contributed by atoms with E-state index >= 15 is 0 Å². The molecule has 0 amide bonds. The third-order valence-corrected chi connectivity index (χ3v) is 6.79. The lowest BCUT2D eigenvalue weighted by molar-refractivity contribution is -0.0873. The molecule has 5 heteroatoms. The average Bonchev–Trinajstić information content (AvgIpc) is 2.88. The summed E-state index contributed by atoms with van der Waals surface area (Å²) < 4.78 is 13.6. The fourth-order valence-electron chi connectivity index (χ4n) is 4.13. The molecule has 3 nitrogen and oxygen atoms in total. The summed E-state index contributed by atoms with van der Waals surface area (Å²) in [4.78, 5) is 6.84. The molecule has 2 aromatic carbocycles. The number of rotatable bonds is 3. The van der Waals surface area contributed by atoms with E-state index in [0.29, 0.717) is 0 Å². The van der Waals surface area contributed by atoms with Gasteiger partial charge in [0.05, 0.1) is 11.2 Å². The smallest absolute Gasteiger partial charge is 0.162 e. The maximum absolute atomic E-state index is 13.6. The van der Waals surface area contributed by atoms with Crippen molar-refractivity contribution in [2.24, 2.45) is 10.4 Å². The van der Waals surface area contributed by atoms with Gasteiger partial charge in [0.1, 0.15) is 5.82 Å². The van der Waals surface area contributed by atoms with Crippen molar-refractivity contribution >= 4 is 16.9 Å². The number of hydrogen-bond acceptors (Lipinski definition) is 4. The van der Waals surface area contributed by atoms with Gasteiger partial charge < -0.3 is 10.0 Å². The second-order valence-electron chi connectivity index (χ2n) is 8.29. The van der Waals surface area contributed by atoms with E-state index in [4.69, 9.17) is 4.99 Å². The van der Waals surface area contributed by atoms with Gasteiger partial charge in [0.2, 0.25) is 0 Å². The Balaban J connectivity index is 1.87. The van der Waals surface area contributed by atoms with Crippen LogP contribution in [0.4, 0.5) is 4.39 Å². The van der Waals surface area contributed by atoms with Crippen LogP contribution in [0.1, 0.15) is 37.8 Å². The molecule has 27 heavy (non-hydrogen) atoms. The highest BCUT2D eigenvalue weighted by atomic mass is 32.2. The molecule has 0 spiro atoms. The van der Waals surface area contributed by atoms with E-state index in [0.717, 1.165) is 29.4 Å². The highest BCUT2D eigenvalue weighted by Crippen LogP contribution is 2.51. The summed E-state index contributed by atoms with van der Waals surface area (Å²) in [6.45, 7) is 7.91. The van der Waals surface area contributed by atoms with Crippen molar-refractivity contribution in [1.82, 2.24) is 4.90 Å². The van der Waals surface area contributed by atoms with Gasteiger partial charge in [-0.3, -0.25) is 4.99 Å². The minimum atomic E-state index is -1.14. The van der Waals surface area contributed by atoms with E-state index in [-0.39, 0.29) is 22.4 Å². The Morgan fingerprint density at radius 2 is 1.74 bits per heavy atom. The van der Waals surface area contributed by atoms with Gasteiger partial charge in [-0.25, -0.2) is 4.39 Å². The summed E-state index contributed by atoms with van der Waals surface area (Å²) in [5.41, 5.74) is 0.776. The highest BCUT2D eigenvalue weighted by molar-refractivity contribution is 8.14. The standard InChI is InChI=1S/C22H25FN2OS/c1-15-22(26,25-14-21(2,3)13-24-20(25)27-15)19(16-7-5-4-6-8-16)17-9-11-18(23)12-10-17/h4-12,15,19,26H,13-14H2,1-3H3. The number of fused-ring (bicyclic) bond motifs is 1. The van der Waals surface area contributed by atoms with Crippen molar-refractivity contribution in [3.05, 3.63) is 71.5 Å². The molecule has 2 aliphatic rings. The lowest BCUT2D eigenvalue weighted by Crippen LogP contribution is -2.59. The molecule has 3 atom stereocenters. The largest absolute Gasteiger partial charge is 0.369 e. The Kier molecular flexibility index (Phi) is 4.55. The maximum Gasteiger partial charge on any atom is 0.162 e. The molecule has 142 valence electrons. The second kappa shape index (κ2) is 6.64. The minimum absolute atomic E-state index is 0.00780. The predicted octanol–water partition coefficient (Wildman–Crippen LogP) is 4.48. The van der Waals surface area contributed by atoms with Crippen molar-refractivity contribution in [2.45, 2.75) is 37.7 Å². The Labute approximate surface area is 164 Å². The lowest BCUT2D eigenvalue weighted by atomic mass is 9.78. The van der Waals surface area contributed by atoms with Crippen LogP contribution < -0.4 is 0 Å². The Hall–Kier alpha value is -1.85. The number of aliphatic imine (C=N–C) groups is 1. The number of amidine groups is 1. The molecule has 0 bridgehead atoms. The number of halogens is 1.